The Bertz CT molecular complexity index is 856. The van der Waals surface area contributed by atoms with Gasteiger partial charge in [0.2, 0.25) is 0 Å². The van der Waals surface area contributed by atoms with E-state index in [1.807, 2.05) is 6.08 Å². The molecule has 0 aromatic heterocycles. The van der Waals surface area contributed by atoms with Crippen LogP contribution >= 0.6 is 0 Å². The molecule has 3 saturated carbocycles. The summed E-state index contributed by atoms with van der Waals surface area (Å²) in [5, 5.41) is 0. The van der Waals surface area contributed by atoms with Crippen molar-refractivity contribution in [3.05, 3.63) is 23.8 Å². The number of rotatable bonds is 4. The van der Waals surface area contributed by atoms with Crippen molar-refractivity contribution in [1.29, 1.82) is 0 Å². The highest BCUT2D eigenvalue weighted by atomic mass is 16.5. The molecule has 3 fully saturated rings. The summed E-state index contributed by atoms with van der Waals surface area (Å²) in [6.45, 7) is 8.22. The maximum atomic E-state index is 13.8. The van der Waals surface area contributed by atoms with Gasteiger partial charge in [-0.05, 0) is 73.0 Å². The molecule has 32 heavy (non-hydrogen) atoms. The molecule has 0 aromatic carbocycles. The van der Waals surface area contributed by atoms with Crippen LogP contribution in [-0.2, 0) is 23.9 Å². The first-order chi connectivity index (χ1) is 15.1. The Balaban J connectivity index is 1.54. The Labute approximate surface area is 192 Å². The first-order valence-electron chi connectivity index (χ1n) is 12.3. The predicted octanol–water partition coefficient (Wildman–Crippen LogP) is 5.04. The second kappa shape index (κ2) is 8.46. The molecule has 5 heteroatoms. The standard InChI is InChI=1S/C27H38O5/c1-16(6-11-24(30)31-5)21-9-10-22-20-8-7-18-14-19(32-17(2)28)12-13-26(18,3)25(20)23(29)15-27(21,22)4/h6,9,11,16,18-20,22,25H,7-8,10,12-15H2,1-5H3/b11-6+/t16-,18-,19+,20?,22?,25?,26+,27-/m1/s1. The van der Waals surface area contributed by atoms with Crippen molar-refractivity contribution in [2.75, 3.05) is 7.11 Å². The Morgan fingerprint density at radius 2 is 1.97 bits per heavy atom. The SMILES string of the molecule is COC(=O)/C=C/[C@@H](C)C1=CCC2C3CC[C@@H]4C[C@@H](OC(C)=O)CC[C@]4(C)C3C(=O)C[C@]12C. The van der Waals surface area contributed by atoms with Crippen LogP contribution in [0.3, 0.4) is 0 Å². The monoisotopic (exact) mass is 442 g/mol. The van der Waals surface area contributed by atoms with E-state index in [0.29, 0.717) is 30.0 Å². The molecule has 4 rings (SSSR count). The second-order valence-electron chi connectivity index (χ2n) is 11.2. The largest absolute Gasteiger partial charge is 0.466 e. The molecule has 0 amide bonds. The van der Waals surface area contributed by atoms with Gasteiger partial charge in [-0.1, -0.05) is 38.5 Å². The number of methoxy groups -OCH3 is 1. The number of carbonyl (C=O) groups is 3. The van der Waals surface area contributed by atoms with Crippen LogP contribution < -0.4 is 0 Å². The summed E-state index contributed by atoms with van der Waals surface area (Å²) in [6, 6.07) is 0. The lowest BCUT2D eigenvalue weighted by Gasteiger charge is -2.60. The van der Waals surface area contributed by atoms with Gasteiger partial charge in [0.05, 0.1) is 7.11 Å². The molecule has 4 aliphatic rings. The number of allylic oxidation sites excluding steroid dienone is 3. The maximum absolute atomic E-state index is 13.8. The summed E-state index contributed by atoms with van der Waals surface area (Å²) in [4.78, 5) is 36.8. The summed E-state index contributed by atoms with van der Waals surface area (Å²) in [6.07, 6.45) is 12.3. The van der Waals surface area contributed by atoms with E-state index < -0.39 is 0 Å². The molecule has 0 bridgehead atoms. The van der Waals surface area contributed by atoms with Gasteiger partial charge in [0.15, 0.2) is 0 Å². The normalized spacial score (nSPS) is 41.8. The van der Waals surface area contributed by atoms with Crippen molar-refractivity contribution in [2.24, 2.45) is 40.4 Å². The smallest absolute Gasteiger partial charge is 0.330 e. The van der Waals surface area contributed by atoms with Crippen LogP contribution in [0.2, 0.25) is 0 Å². The van der Waals surface area contributed by atoms with Crippen LogP contribution in [0.15, 0.2) is 23.8 Å². The van der Waals surface area contributed by atoms with Crippen LogP contribution in [0.4, 0.5) is 0 Å². The van der Waals surface area contributed by atoms with E-state index in [-0.39, 0.29) is 40.7 Å². The lowest BCUT2D eigenvalue weighted by Crippen LogP contribution is -2.57. The van der Waals surface area contributed by atoms with Crippen molar-refractivity contribution in [3.8, 4) is 0 Å². The van der Waals surface area contributed by atoms with Crippen LogP contribution in [0.5, 0.6) is 0 Å². The number of hydrogen-bond donors (Lipinski definition) is 0. The zero-order valence-electron chi connectivity index (χ0n) is 20.2. The fourth-order valence-corrected chi connectivity index (χ4v) is 8.08. The minimum absolute atomic E-state index is 0.00767. The molecule has 0 radical (unpaired) electrons. The minimum atomic E-state index is -0.340. The predicted molar refractivity (Wildman–Crippen MR) is 121 cm³/mol. The molecule has 0 spiro atoms. The Kier molecular flexibility index (Phi) is 6.15. The van der Waals surface area contributed by atoms with Gasteiger partial charge in [-0.15, -0.1) is 0 Å². The summed E-state index contributed by atoms with van der Waals surface area (Å²) < 4.78 is 10.3. The summed E-state index contributed by atoms with van der Waals surface area (Å²) in [5.74, 6) is 1.46. The first-order valence-corrected chi connectivity index (χ1v) is 12.3. The van der Waals surface area contributed by atoms with E-state index in [4.69, 9.17) is 9.47 Å². The highest BCUT2D eigenvalue weighted by Gasteiger charge is 2.62. The van der Waals surface area contributed by atoms with E-state index in [1.165, 1.54) is 25.7 Å². The van der Waals surface area contributed by atoms with Gasteiger partial charge in [0, 0.05) is 25.3 Å². The third kappa shape index (κ3) is 3.76. The van der Waals surface area contributed by atoms with Gasteiger partial charge in [0.25, 0.3) is 0 Å². The number of ketones is 1. The van der Waals surface area contributed by atoms with Gasteiger partial charge in [0.1, 0.15) is 11.9 Å². The number of ether oxygens (including phenoxy) is 2. The molecule has 4 aliphatic carbocycles. The molecule has 0 N–H and O–H groups in total. The third-order valence-corrected chi connectivity index (χ3v) is 9.49. The molecule has 0 aromatic rings. The molecule has 0 saturated heterocycles. The van der Waals surface area contributed by atoms with Gasteiger partial charge in [-0.2, -0.15) is 0 Å². The lowest BCUT2D eigenvalue weighted by molar-refractivity contribution is -0.166. The molecule has 8 atom stereocenters. The fraction of sp³-hybridized carbons (Fsp3) is 0.741. The summed E-state index contributed by atoms with van der Waals surface area (Å²) in [5.41, 5.74) is 1.19. The van der Waals surface area contributed by atoms with Gasteiger partial charge >= 0.3 is 11.9 Å². The van der Waals surface area contributed by atoms with E-state index in [0.717, 1.165) is 38.5 Å². The molecular formula is C27H38O5. The molecule has 0 aliphatic heterocycles. The number of carbonyl (C=O) groups excluding carboxylic acids is 3. The van der Waals surface area contributed by atoms with Crippen LogP contribution in [0, 0.1) is 40.4 Å². The van der Waals surface area contributed by atoms with Crippen molar-refractivity contribution in [3.63, 3.8) is 0 Å². The Morgan fingerprint density at radius 1 is 1.22 bits per heavy atom. The van der Waals surface area contributed by atoms with E-state index in [1.54, 1.807) is 0 Å². The quantitative estimate of drug-likeness (QED) is 0.346. The molecule has 3 unspecified atom stereocenters. The van der Waals surface area contributed by atoms with Gasteiger partial charge in [-0.3, -0.25) is 9.59 Å². The second-order valence-corrected chi connectivity index (χ2v) is 11.2. The van der Waals surface area contributed by atoms with Crippen LogP contribution in [0.25, 0.3) is 0 Å². The lowest BCUT2D eigenvalue weighted by atomic mass is 9.44. The third-order valence-electron chi connectivity index (χ3n) is 9.49. The minimum Gasteiger partial charge on any atom is -0.466 e. The highest BCUT2D eigenvalue weighted by Crippen LogP contribution is 2.66. The zero-order chi connectivity index (χ0) is 23.3. The fourth-order valence-electron chi connectivity index (χ4n) is 8.08. The Morgan fingerprint density at radius 3 is 2.66 bits per heavy atom. The first kappa shape index (κ1) is 23.3. The van der Waals surface area contributed by atoms with Crippen molar-refractivity contribution in [1.82, 2.24) is 0 Å². The molecule has 176 valence electrons. The van der Waals surface area contributed by atoms with Crippen molar-refractivity contribution in [2.45, 2.75) is 78.7 Å². The topological polar surface area (TPSA) is 69.7 Å². The van der Waals surface area contributed by atoms with Crippen LogP contribution in [0.1, 0.15) is 72.6 Å². The average Bonchev–Trinajstić information content (AvgIpc) is 3.07. The summed E-state index contributed by atoms with van der Waals surface area (Å²) >= 11 is 0. The number of Topliss-reactive ketones (excluding diaryl/α,β-unsaturated/α-hetero) is 1. The van der Waals surface area contributed by atoms with Crippen molar-refractivity contribution >= 4 is 17.7 Å². The number of hydrogen-bond acceptors (Lipinski definition) is 5. The summed E-state index contributed by atoms with van der Waals surface area (Å²) in [7, 11) is 1.39. The van der Waals surface area contributed by atoms with E-state index >= 15 is 0 Å². The van der Waals surface area contributed by atoms with Gasteiger partial charge in [-0.25, -0.2) is 4.79 Å². The molecule has 5 nitrogen and oxygen atoms in total. The molecule has 0 heterocycles. The number of fused-ring (bicyclic) bond motifs is 5. The zero-order valence-corrected chi connectivity index (χ0v) is 20.2. The maximum Gasteiger partial charge on any atom is 0.330 e. The average molecular weight is 443 g/mol. The number of esters is 2. The Hall–Kier alpha value is -1.91. The highest BCUT2D eigenvalue weighted by molar-refractivity contribution is 5.85. The molecular weight excluding hydrogens is 404 g/mol. The van der Waals surface area contributed by atoms with Crippen LogP contribution in [-0.4, -0.2) is 30.9 Å². The van der Waals surface area contributed by atoms with E-state index in [9.17, 15) is 14.4 Å². The van der Waals surface area contributed by atoms with Gasteiger partial charge < -0.3 is 9.47 Å². The van der Waals surface area contributed by atoms with Crippen molar-refractivity contribution < 1.29 is 23.9 Å². The van der Waals surface area contributed by atoms with E-state index in [2.05, 4.69) is 26.8 Å².